The number of rotatable bonds is 2. The van der Waals surface area contributed by atoms with Crippen LogP contribution in [0.15, 0.2) is 10.4 Å². The fourth-order valence-electron chi connectivity index (χ4n) is 0.416. The molecule has 0 bridgehead atoms. The van der Waals surface area contributed by atoms with Gasteiger partial charge in [-0.25, -0.2) is 4.98 Å². The molecule has 0 radical (unpaired) electrons. The molecule has 0 fully saturated rings. The van der Waals surface area contributed by atoms with Crippen molar-refractivity contribution in [2.75, 3.05) is 7.11 Å². The predicted molar refractivity (Wildman–Crippen MR) is 35.9 cm³/mol. The van der Waals surface area contributed by atoms with Crippen LogP contribution in [0.2, 0.25) is 0 Å². The van der Waals surface area contributed by atoms with Gasteiger partial charge in [0.2, 0.25) is 0 Å². The Kier molecular flexibility index (Phi) is 4.97. The Morgan fingerprint density at radius 1 is 1.82 bits per heavy atom. The number of nitrogens with zero attached hydrogens (tertiary/aromatic N) is 1. The van der Waals surface area contributed by atoms with Crippen molar-refractivity contribution in [2.24, 2.45) is 0 Å². The molecule has 1 aromatic rings. The van der Waals surface area contributed by atoms with Gasteiger partial charge in [-0.3, -0.25) is 4.21 Å². The Labute approximate surface area is 82.4 Å². The molecule has 0 aliphatic carbocycles. The molecule has 0 aromatic carbocycles. The molecular formula is C4H4LiNO3S2. The van der Waals surface area contributed by atoms with E-state index in [0.717, 1.165) is 11.3 Å². The van der Waals surface area contributed by atoms with E-state index in [9.17, 15) is 8.76 Å². The zero-order valence-electron chi connectivity index (χ0n) is 6.07. The van der Waals surface area contributed by atoms with E-state index >= 15 is 0 Å². The number of ether oxygens (including phenoxy) is 1. The van der Waals surface area contributed by atoms with Crippen molar-refractivity contribution < 1.29 is 32.4 Å². The molecule has 0 saturated heterocycles. The monoisotopic (exact) mass is 185 g/mol. The van der Waals surface area contributed by atoms with Crippen molar-refractivity contribution in [3.8, 4) is 5.19 Å². The average molecular weight is 185 g/mol. The van der Waals surface area contributed by atoms with Crippen molar-refractivity contribution in [3.05, 3.63) is 6.20 Å². The third kappa shape index (κ3) is 2.93. The Hall–Kier alpha value is 0.137. The van der Waals surface area contributed by atoms with E-state index in [1.165, 1.54) is 13.3 Å². The van der Waals surface area contributed by atoms with E-state index in [0.29, 0.717) is 5.19 Å². The minimum absolute atomic E-state index is 0. The summed E-state index contributed by atoms with van der Waals surface area (Å²) in [6.07, 6.45) is 1.26. The zero-order valence-corrected chi connectivity index (χ0v) is 7.70. The van der Waals surface area contributed by atoms with Crippen LogP contribution in [0.1, 0.15) is 0 Å². The second-order valence-corrected chi connectivity index (χ2v) is 3.54. The van der Waals surface area contributed by atoms with Gasteiger partial charge in [0.1, 0.15) is 4.21 Å². The van der Waals surface area contributed by atoms with Crippen molar-refractivity contribution in [3.63, 3.8) is 0 Å². The van der Waals surface area contributed by atoms with E-state index < -0.39 is 11.1 Å². The second kappa shape index (κ2) is 4.90. The number of aromatic nitrogens is 1. The van der Waals surface area contributed by atoms with Crippen molar-refractivity contribution in [1.82, 2.24) is 4.98 Å². The smallest absolute Gasteiger partial charge is 0.768 e. The Balaban J connectivity index is 0.000001000. The largest absolute Gasteiger partial charge is 1.00 e. The third-order valence-corrected chi connectivity index (χ3v) is 2.65. The maximum Gasteiger partial charge on any atom is 1.00 e. The molecule has 1 unspecified atom stereocenters. The van der Waals surface area contributed by atoms with Gasteiger partial charge >= 0.3 is 18.9 Å². The first-order chi connectivity index (χ1) is 4.74. The van der Waals surface area contributed by atoms with Gasteiger partial charge in [-0.15, -0.1) is 0 Å². The molecule has 7 heteroatoms. The second-order valence-electron chi connectivity index (χ2n) is 1.38. The van der Waals surface area contributed by atoms with Crippen LogP contribution >= 0.6 is 11.3 Å². The first-order valence-electron chi connectivity index (χ1n) is 2.33. The summed E-state index contributed by atoms with van der Waals surface area (Å²) < 4.78 is 25.4. The number of methoxy groups -OCH3 is 1. The summed E-state index contributed by atoms with van der Waals surface area (Å²) in [6, 6.07) is 0. The Morgan fingerprint density at radius 2 is 2.45 bits per heavy atom. The van der Waals surface area contributed by atoms with E-state index in [-0.39, 0.29) is 23.1 Å². The van der Waals surface area contributed by atoms with Crippen LogP contribution in [0, 0.1) is 0 Å². The predicted octanol–water partition coefficient (Wildman–Crippen LogP) is -2.61. The minimum atomic E-state index is -2.18. The summed E-state index contributed by atoms with van der Waals surface area (Å²) in [4.78, 5) is 3.66. The maximum atomic E-state index is 10.2. The number of thiazole rings is 1. The average Bonchev–Trinajstić information content (AvgIpc) is 2.34. The minimum Gasteiger partial charge on any atom is -0.768 e. The van der Waals surface area contributed by atoms with E-state index in [2.05, 4.69) is 9.72 Å². The quantitative estimate of drug-likeness (QED) is 0.374. The molecule has 56 valence electrons. The van der Waals surface area contributed by atoms with Crippen LogP contribution in [-0.4, -0.2) is 20.9 Å². The first-order valence-corrected chi connectivity index (χ1v) is 4.22. The summed E-state index contributed by atoms with van der Waals surface area (Å²) in [5.74, 6) is 0. The molecule has 0 amide bonds. The van der Waals surface area contributed by atoms with Gasteiger partial charge in [-0.05, 0) is 11.1 Å². The van der Waals surface area contributed by atoms with Gasteiger partial charge < -0.3 is 9.29 Å². The fraction of sp³-hybridized carbons (Fsp3) is 0.250. The Morgan fingerprint density at radius 3 is 2.73 bits per heavy atom. The van der Waals surface area contributed by atoms with Crippen LogP contribution in [0.4, 0.5) is 0 Å². The molecular weight excluding hydrogens is 181 g/mol. The first kappa shape index (κ1) is 11.1. The molecule has 1 atom stereocenters. The topological polar surface area (TPSA) is 62.2 Å². The molecule has 1 heterocycles. The molecule has 1 rings (SSSR count). The normalized spacial score (nSPS) is 11.8. The van der Waals surface area contributed by atoms with Crippen molar-refractivity contribution in [2.45, 2.75) is 4.21 Å². The van der Waals surface area contributed by atoms with Crippen LogP contribution in [0.25, 0.3) is 0 Å². The van der Waals surface area contributed by atoms with E-state index in [1.807, 2.05) is 0 Å². The van der Waals surface area contributed by atoms with Gasteiger partial charge in [0.25, 0.3) is 5.19 Å². The molecule has 11 heavy (non-hydrogen) atoms. The van der Waals surface area contributed by atoms with Crippen LogP contribution in [0.5, 0.6) is 5.19 Å². The van der Waals surface area contributed by atoms with Gasteiger partial charge in [0.05, 0.1) is 13.3 Å². The van der Waals surface area contributed by atoms with Crippen LogP contribution < -0.4 is 23.6 Å². The summed E-state index contributed by atoms with van der Waals surface area (Å²) >= 11 is -1.19. The number of hydrogen-bond donors (Lipinski definition) is 0. The fourth-order valence-corrected chi connectivity index (χ4v) is 1.51. The van der Waals surface area contributed by atoms with Gasteiger partial charge in [-0.2, -0.15) is 0 Å². The third-order valence-electron chi connectivity index (χ3n) is 0.802. The standard InChI is InChI=1S/C4H5NO3S2.Li/c1-8-4-5-2-3(9-4)10(6)7;/h2H,1H3,(H,6,7);/q;+1/p-1. The summed E-state index contributed by atoms with van der Waals surface area (Å²) in [6.45, 7) is 0. The summed E-state index contributed by atoms with van der Waals surface area (Å²) in [5, 5.41) is 0.360. The van der Waals surface area contributed by atoms with Gasteiger partial charge in [0.15, 0.2) is 0 Å². The summed E-state index contributed by atoms with van der Waals surface area (Å²) in [7, 11) is 1.44. The van der Waals surface area contributed by atoms with E-state index in [4.69, 9.17) is 0 Å². The van der Waals surface area contributed by atoms with Crippen LogP contribution in [-0.2, 0) is 11.1 Å². The molecule has 1 aromatic heterocycles. The van der Waals surface area contributed by atoms with Gasteiger partial charge in [0, 0.05) is 0 Å². The van der Waals surface area contributed by atoms with Crippen molar-refractivity contribution in [1.29, 1.82) is 0 Å². The Bertz CT molecular complexity index is 251. The number of hydrogen-bond acceptors (Lipinski definition) is 5. The maximum absolute atomic E-state index is 10.2. The zero-order chi connectivity index (χ0) is 7.56. The summed E-state index contributed by atoms with van der Waals surface area (Å²) in [5.41, 5.74) is 0. The molecule has 0 aliphatic heterocycles. The molecule has 0 aliphatic rings. The van der Waals surface area contributed by atoms with E-state index in [1.54, 1.807) is 0 Å². The molecule has 4 nitrogen and oxygen atoms in total. The van der Waals surface area contributed by atoms with Gasteiger partial charge in [-0.1, -0.05) is 11.3 Å². The van der Waals surface area contributed by atoms with Crippen molar-refractivity contribution >= 4 is 22.4 Å². The van der Waals surface area contributed by atoms with Crippen LogP contribution in [0.3, 0.4) is 0 Å². The molecule has 0 saturated carbocycles. The SMILES string of the molecule is COc1ncc(S(=O)[O-])s1.[Li+]. The molecule has 0 N–H and O–H groups in total. The molecule has 0 spiro atoms.